The van der Waals surface area contributed by atoms with Crippen LogP contribution in [-0.2, 0) is 17.9 Å². The third-order valence-electron chi connectivity index (χ3n) is 1.93. The zero-order valence-corrected chi connectivity index (χ0v) is 10.4. The molecule has 0 N–H and O–H groups in total. The summed E-state index contributed by atoms with van der Waals surface area (Å²) in [6.07, 6.45) is 2.89. The standard InChI is InChI=1S/C11H19ClN2O/c1-4-5-15-8-11-10(12)7-14(13-11)6-9(2)3/h7,9H,4-6,8H2,1-3H3. The highest BCUT2D eigenvalue weighted by atomic mass is 35.5. The molecule has 0 saturated carbocycles. The summed E-state index contributed by atoms with van der Waals surface area (Å²) in [5, 5.41) is 5.08. The summed E-state index contributed by atoms with van der Waals surface area (Å²) in [6, 6.07) is 0. The highest BCUT2D eigenvalue weighted by Gasteiger charge is 2.07. The molecule has 86 valence electrons. The van der Waals surface area contributed by atoms with Crippen LogP contribution in [0.15, 0.2) is 6.20 Å². The van der Waals surface area contributed by atoms with Gasteiger partial charge < -0.3 is 4.74 Å². The van der Waals surface area contributed by atoms with Crippen LogP contribution in [0.3, 0.4) is 0 Å². The van der Waals surface area contributed by atoms with Gasteiger partial charge in [0.2, 0.25) is 0 Å². The Morgan fingerprint density at radius 2 is 2.27 bits per heavy atom. The monoisotopic (exact) mass is 230 g/mol. The minimum Gasteiger partial charge on any atom is -0.375 e. The van der Waals surface area contributed by atoms with Gasteiger partial charge in [0.1, 0.15) is 5.69 Å². The second-order valence-electron chi connectivity index (χ2n) is 4.09. The summed E-state index contributed by atoms with van der Waals surface area (Å²) >= 11 is 6.04. The lowest BCUT2D eigenvalue weighted by atomic mass is 10.2. The van der Waals surface area contributed by atoms with Crippen LogP contribution in [0, 0.1) is 5.92 Å². The van der Waals surface area contributed by atoms with E-state index in [1.54, 1.807) is 0 Å². The molecule has 0 fully saturated rings. The van der Waals surface area contributed by atoms with Gasteiger partial charge in [0.25, 0.3) is 0 Å². The van der Waals surface area contributed by atoms with Crippen molar-refractivity contribution in [2.24, 2.45) is 5.92 Å². The number of rotatable bonds is 6. The zero-order chi connectivity index (χ0) is 11.3. The van der Waals surface area contributed by atoms with Gasteiger partial charge >= 0.3 is 0 Å². The molecule has 0 unspecified atom stereocenters. The number of aromatic nitrogens is 2. The second kappa shape index (κ2) is 6.13. The Labute approximate surface area is 96.4 Å². The number of halogens is 1. The van der Waals surface area contributed by atoms with Crippen molar-refractivity contribution < 1.29 is 4.74 Å². The van der Waals surface area contributed by atoms with E-state index in [1.807, 2.05) is 10.9 Å². The van der Waals surface area contributed by atoms with Crippen LogP contribution in [0.5, 0.6) is 0 Å². The maximum atomic E-state index is 6.04. The van der Waals surface area contributed by atoms with Crippen LogP contribution in [0.2, 0.25) is 5.02 Å². The van der Waals surface area contributed by atoms with Crippen molar-refractivity contribution in [3.8, 4) is 0 Å². The number of hydrogen-bond acceptors (Lipinski definition) is 2. The Morgan fingerprint density at radius 1 is 1.53 bits per heavy atom. The summed E-state index contributed by atoms with van der Waals surface area (Å²) < 4.78 is 7.29. The minimum absolute atomic E-state index is 0.512. The first kappa shape index (κ1) is 12.5. The fourth-order valence-corrected chi connectivity index (χ4v) is 1.52. The Morgan fingerprint density at radius 3 is 2.87 bits per heavy atom. The third kappa shape index (κ3) is 4.22. The predicted molar refractivity (Wildman–Crippen MR) is 62.0 cm³/mol. The van der Waals surface area contributed by atoms with Crippen molar-refractivity contribution in [2.45, 2.75) is 40.3 Å². The van der Waals surface area contributed by atoms with Crippen molar-refractivity contribution in [1.82, 2.24) is 9.78 Å². The Kier molecular flexibility index (Phi) is 5.12. The van der Waals surface area contributed by atoms with Gasteiger partial charge in [0.15, 0.2) is 0 Å². The van der Waals surface area contributed by atoms with Crippen LogP contribution in [0.25, 0.3) is 0 Å². The van der Waals surface area contributed by atoms with E-state index in [1.165, 1.54) is 0 Å². The first-order valence-corrected chi connectivity index (χ1v) is 5.80. The van der Waals surface area contributed by atoms with Gasteiger partial charge in [0, 0.05) is 19.3 Å². The molecule has 1 rings (SSSR count). The van der Waals surface area contributed by atoms with Crippen molar-refractivity contribution in [3.63, 3.8) is 0 Å². The van der Waals surface area contributed by atoms with E-state index in [4.69, 9.17) is 16.3 Å². The molecule has 0 aliphatic carbocycles. The lowest BCUT2D eigenvalue weighted by Gasteiger charge is -2.03. The van der Waals surface area contributed by atoms with Crippen LogP contribution >= 0.6 is 11.6 Å². The Hall–Kier alpha value is -0.540. The summed E-state index contributed by atoms with van der Waals surface area (Å²) in [4.78, 5) is 0. The topological polar surface area (TPSA) is 27.1 Å². The van der Waals surface area contributed by atoms with Crippen molar-refractivity contribution in [3.05, 3.63) is 16.9 Å². The summed E-state index contributed by atoms with van der Waals surface area (Å²) in [7, 11) is 0. The number of ether oxygens (including phenoxy) is 1. The lowest BCUT2D eigenvalue weighted by Crippen LogP contribution is -2.05. The predicted octanol–water partition coefficient (Wildman–Crippen LogP) is 3.12. The van der Waals surface area contributed by atoms with E-state index in [2.05, 4.69) is 25.9 Å². The smallest absolute Gasteiger partial charge is 0.107 e. The molecule has 0 saturated heterocycles. The summed E-state index contributed by atoms with van der Waals surface area (Å²) in [5.74, 6) is 0.574. The maximum Gasteiger partial charge on any atom is 0.107 e. The molecule has 3 nitrogen and oxygen atoms in total. The molecule has 0 amide bonds. The molecule has 1 aromatic heterocycles. The van der Waals surface area contributed by atoms with Gasteiger partial charge in [-0.3, -0.25) is 4.68 Å². The van der Waals surface area contributed by atoms with Gasteiger partial charge in [-0.15, -0.1) is 0 Å². The molecule has 4 heteroatoms. The average molecular weight is 231 g/mol. The molecule has 0 atom stereocenters. The van der Waals surface area contributed by atoms with Crippen LogP contribution in [0.1, 0.15) is 32.9 Å². The molecule has 0 bridgehead atoms. The van der Waals surface area contributed by atoms with E-state index < -0.39 is 0 Å². The molecule has 1 heterocycles. The highest BCUT2D eigenvalue weighted by molar-refractivity contribution is 6.31. The zero-order valence-electron chi connectivity index (χ0n) is 9.66. The summed E-state index contributed by atoms with van der Waals surface area (Å²) in [6.45, 7) is 8.56. The van der Waals surface area contributed by atoms with E-state index in [0.29, 0.717) is 17.5 Å². The highest BCUT2D eigenvalue weighted by Crippen LogP contribution is 2.15. The van der Waals surface area contributed by atoms with Gasteiger partial charge in [-0.25, -0.2) is 0 Å². The molecule has 0 spiro atoms. The van der Waals surface area contributed by atoms with Crippen molar-refractivity contribution in [1.29, 1.82) is 0 Å². The molecule has 0 aliphatic rings. The van der Waals surface area contributed by atoms with E-state index in [0.717, 1.165) is 25.3 Å². The average Bonchev–Trinajstić information content (AvgIpc) is 2.46. The molecule has 0 aliphatic heterocycles. The fourth-order valence-electron chi connectivity index (χ4n) is 1.32. The van der Waals surface area contributed by atoms with Crippen LogP contribution < -0.4 is 0 Å². The third-order valence-corrected chi connectivity index (χ3v) is 2.24. The summed E-state index contributed by atoms with van der Waals surface area (Å²) in [5.41, 5.74) is 0.839. The SMILES string of the molecule is CCCOCc1nn(CC(C)C)cc1Cl. The minimum atomic E-state index is 0.512. The fraction of sp³-hybridized carbons (Fsp3) is 0.727. The normalized spacial score (nSPS) is 11.3. The van der Waals surface area contributed by atoms with Crippen molar-refractivity contribution >= 4 is 11.6 Å². The van der Waals surface area contributed by atoms with Crippen LogP contribution in [-0.4, -0.2) is 16.4 Å². The lowest BCUT2D eigenvalue weighted by molar-refractivity contribution is 0.118. The molecule has 15 heavy (non-hydrogen) atoms. The number of hydrogen-bond donors (Lipinski definition) is 0. The molecule has 1 aromatic rings. The van der Waals surface area contributed by atoms with E-state index in [-0.39, 0.29) is 0 Å². The molecular weight excluding hydrogens is 212 g/mol. The van der Waals surface area contributed by atoms with Gasteiger partial charge in [-0.05, 0) is 12.3 Å². The largest absolute Gasteiger partial charge is 0.375 e. The molecular formula is C11H19ClN2O. The van der Waals surface area contributed by atoms with Crippen LogP contribution in [0.4, 0.5) is 0 Å². The molecule has 0 aromatic carbocycles. The first-order chi connectivity index (χ1) is 7.13. The first-order valence-electron chi connectivity index (χ1n) is 5.43. The van der Waals surface area contributed by atoms with Gasteiger partial charge in [-0.2, -0.15) is 5.10 Å². The number of nitrogens with zero attached hydrogens (tertiary/aromatic N) is 2. The maximum absolute atomic E-state index is 6.04. The molecule has 0 radical (unpaired) electrons. The second-order valence-corrected chi connectivity index (χ2v) is 4.50. The quantitative estimate of drug-likeness (QED) is 0.703. The van der Waals surface area contributed by atoms with Gasteiger partial charge in [0.05, 0.1) is 11.6 Å². The van der Waals surface area contributed by atoms with E-state index >= 15 is 0 Å². The van der Waals surface area contributed by atoms with Crippen molar-refractivity contribution in [2.75, 3.05) is 6.61 Å². The van der Waals surface area contributed by atoms with E-state index in [9.17, 15) is 0 Å². The Balaban J connectivity index is 2.53. The Bertz CT molecular complexity index is 297. The van der Waals surface area contributed by atoms with Gasteiger partial charge in [-0.1, -0.05) is 32.4 Å².